The van der Waals surface area contributed by atoms with Gasteiger partial charge in [0.25, 0.3) is 5.91 Å². The third-order valence-electron chi connectivity index (χ3n) is 4.66. The first-order valence-electron chi connectivity index (χ1n) is 10.5. The Morgan fingerprint density at radius 2 is 1.91 bits per heavy atom. The van der Waals surface area contributed by atoms with Crippen LogP contribution < -0.4 is 19.5 Å². The van der Waals surface area contributed by atoms with Crippen molar-refractivity contribution >= 4 is 29.6 Å². The Bertz CT molecular complexity index is 1070. The molecule has 0 aliphatic heterocycles. The number of hydrogen-bond acceptors (Lipinski definition) is 6. The predicted octanol–water partition coefficient (Wildman–Crippen LogP) is 4.85. The summed E-state index contributed by atoms with van der Waals surface area (Å²) in [7, 11) is 1.43. The van der Waals surface area contributed by atoms with Crippen LogP contribution in [0, 0.1) is 18.3 Å². The molecule has 0 aromatic heterocycles. The zero-order valence-electron chi connectivity index (χ0n) is 19.1. The van der Waals surface area contributed by atoms with Crippen LogP contribution in [0.4, 0.5) is 0 Å². The number of carbonyl (C=O) groups excluding carboxylic acids is 2. The van der Waals surface area contributed by atoms with Crippen LogP contribution in [0.25, 0.3) is 6.08 Å². The number of halogens is 1. The predicted molar refractivity (Wildman–Crippen MR) is 126 cm³/mol. The van der Waals surface area contributed by atoms with Crippen molar-refractivity contribution in [2.75, 3.05) is 13.7 Å². The molecule has 7 nitrogen and oxygen atoms in total. The van der Waals surface area contributed by atoms with Crippen molar-refractivity contribution in [3.8, 4) is 23.3 Å². The fourth-order valence-corrected chi connectivity index (χ4v) is 3.05. The average molecular weight is 471 g/mol. The number of esters is 1. The van der Waals surface area contributed by atoms with E-state index in [1.54, 1.807) is 37.3 Å². The number of carbonyl (C=O) groups is 2. The number of nitriles is 1. The van der Waals surface area contributed by atoms with Crippen molar-refractivity contribution in [2.45, 2.75) is 39.7 Å². The fourth-order valence-electron chi connectivity index (χ4n) is 2.82. The molecular weight excluding hydrogens is 444 g/mol. The minimum Gasteiger partial charge on any atom is -0.493 e. The van der Waals surface area contributed by atoms with Crippen LogP contribution >= 0.6 is 11.6 Å². The standard InChI is InChI=1S/C25H27ClN2O5/c1-5-6-11-28-24(29)19(15-27)13-18-7-9-22(23(14-18)31-4)33-25(30)17(3)32-21-10-8-20(26)12-16(21)2/h7-10,12-14,17H,5-6,11H2,1-4H3,(H,28,29)/b19-13+. The molecule has 2 rings (SSSR count). The zero-order chi connectivity index (χ0) is 24.4. The van der Waals surface area contributed by atoms with E-state index in [1.165, 1.54) is 19.3 Å². The van der Waals surface area contributed by atoms with Crippen molar-refractivity contribution < 1.29 is 23.8 Å². The Balaban J connectivity index is 2.12. The second-order valence-electron chi connectivity index (χ2n) is 7.28. The molecule has 2 aromatic rings. The van der Waals surface area contributed by atoms with Gasteiger partial charge >= 0.3 is 5.97 Å². The van der Waals surface area contributed by atoms with E-state index < -0.39 is 18.0 Å². The molecule has 0 radical (unpaired) electrons. The molecule has 0 fully saturated rings. The van der Waals surface area contributed by atoms with Crippen LogP contribution in [0.2, 0.25) is 5.02 Å². The van der Waals surface area contributed by atoms with Gasteiger partial charge in [-0.05, 0) is 67.8 Å². The molecule has 174 valence electrons. The number of methoxy groups -OCH3 is 1. The fraction of sp³-hybridized carbons (Fsp3) is 0.320. The zero-order valence-corrected chi connectivity index (χ0v) is 19.9. The molecule has 2 aromatic carbocycles. The minimum absolute atomic E-state index is 0.0294. The summed E-state index contributed by atoms with van der Waals surface area (Å²) in [5.41, 5.74) is 1.32. The lowest BCUT2D eigenvalue weighted by atomic mass is 10.1. The third-order valence-corrected chi connectivity index (χ3v) is 4.90. The summed E-state index contributed by atoms with van der Waals surface area (Å²) in [6, 6.07) is 11.7. The lowest BCUT2D eigenvalue weighted by molar-refractivity contribution is -0.141. The van der Waals surface area contributed by atoms with E-state index in [0.29, 0.717) is 22.9 Å². The molecule has 33 heavy (non-hydrogen) atoms. The van der Waals surface area contributed by atoms with Gasteiger partial charge in [0.05, 0.1) is 7.11 Å². The smallest absolute Gasteiger partial charge is 0.352 e. The lowest BCUT2D eigenvalue weighted by Crippen LogP contribution is -2.28. The third kappa shape index (κ3) is 7.55. The molecule has 0 aliphatic rings. The van der Waals surface area contributed by atoms with E-state index >= 15 is 0 Å². The van der Waals surface area contributed by atoms with E-state index in [0.717, 1.165) is 18.4 Å². The van der Waals surface area contributed by atoms with E-state index in [4.69, 9.17) is 25.8 Å². The number of benzene rings is 2. The quantitative estimate of drug-likeness (QED) is 0.175. The van der Waals surface area contributed by atoms with Crippen LogP contribution in [-0.2, 0) is 9.59 Å². The van der Waals surface area contributed by atoms with Crippen molar-refractivity contribution in [1.29, 1.82) is 5.26 Å². The molecule has 0 aliphatic carbocycles. The number of nitrogens with zero attached hydrogens (tertiary/aromatic N) is 1. The molecule has 0 saturated heterocycles. The van der Waals surface area contributed by atoms with Gasteiger partial charge in [-0.15, -0.1) is 0 Å². The Morgan fingerprint density at radius 3 is 2.55 bits per heavy atom. The summed E-state index contributed by atoms with van der Waals surface area (Å²) in [5, 5.41) is 12.6. The van der Waals surface area contributed by atoms with Gasteiger partial charge in [0.2, 0.25) is 0 Å². The molecule has 8 heteroatoms. The second kappa shape index (κ2) is 12.5. The van der Waals surface area contributed by atoms with Gasteiger partial charge in [0.15, 0.2) is 17.6 Å². The Kier molecular flexibility index (Phi) is 9.77. The first-order chi connectivity index (χ1) is 15.8. The lowest BCUT2D eigenvalue weighted by Gasteiger charge is -2.16. The van der Waals surface area contributed by atoms with E-state index in [1.807, 2.05) is 19.9 Å². The maximum absolute atomic E-state index is 12.5. The molecule has 1 unspecified atom stereocenters. The highest BCUT2D eigenvalue weighted by molar-refractivity contribution is 6.30. The topological polar surface area (TPSA) is 97.7 Å². The highest BCUT2D eigenvalue weighted by Gasteiger charge is 2.20. The first-order valence-corrected chi connectivity index (χ1v) is 10.9. The highest BCUT2D eigenvalue weighted by Crippen LogP contribution is 2.30. The van der Waals surface area contributed by atoms with Crippen molar-refractivity contribution in [2.24, 2.45) is 0 Å². The summed E-state index contributed by atoms with van der Waals surface area (Å²) >= 11 is 5.95. The maximum atomic E-state index is 12.5. The number of unbranched alkanes of at least 4 members (excludes halogenated alkanes) is 1. The number of ether oxygens (including phenoxy) is 3. The van der Waals surface area contributed by atoms with Gasteiger partial charge in [0, 0.05) is 11.6 Å². The number of aryl methyl sites for hydroxylation is 1. The highest BCUT2D eigenvalue weighted by atomic mass is 35.5. The van der Waals surface area contributed by atoms with E-state index in [2.05, 4.69) is 5.32 Å². The summed E-state index contributed by atoms with van der Waals surface area (Å²) < 4.78 is 16.5. The summed E-state index contributed by atoms with van der Waals surface area (Å²) in [6.45, 7) is 5.92. The monoisotopic (exact) mass is 470 g/mol. The molecule has 0 saturated carbocycles. The average Bonchev–Trinajstić information content (AvgIpc) is 2.79. The van der Waals surface area contributed by atoms with Crippen LogP contribution in [-0.4, -0.2) is 31.6 Å². The van der Waals surface area contributed by atoms with Gasteiger partial charge in [-0.2, -0.15) is 5.26 Å². The van der Waals surface area contributed by atoms with Gasteiger partial charge in [-0.3, -0.25) is 4.79 Å². The van der Waals surface area contributed by atoms with E-state index in [9.17, 15) is 14.9 Å². The molecule has 0 spiro atoms. The molecule has 0 heterocycles. The molecule has 1 atom stereocenters. The largest absolute Gasteiger partial charge is 0.493 e. The van der Waals surface area contributed by atoms with Crippen molar-refractivity contribution in [3.05, 3.63) is 58.1 Å². The van der Waals surface area contributed by atoms with Crippen molar-refractivity contribution in [1.82, 2.24) is 5.32 Å². The number of amides is 1. The van der Waals surface area contributed by atoms with Crippen LogP contribution in [0.15, 0.2) is 42.0 Å². The van der Waals surface area contributed by atoms with Gasteiger partial charge in [-0.25, -0.2) is 4.79 Å². The summed E-state index contributed by atoms with van der Waals surface area (Å²) in [5.74, 6) is -0.0649. The maximum Gasteiger partial charge on any atom is 0.352 e. The molecular formula is C25H27ClN2O5. The normalized spacial score (nSPS) is 11.8. The number of rotatable bonds is 10. The Labute approximate surface area is 198 Å². The van der Waals surface area contributed by atoms with Crippen LogP contribution in [0.5, 0.6) is 17.2 Å². The SMILES string of the molecule is CCCCNC(=O)/C(C#N)=C/c1ccc(OC(=O)C(C)Oc2ccc(Cl)cc2C)c(OC)c1. The second-order valence-corrected chi connectivity index (χ2v) is 7.72. The summed E-state index contributed by atoms with van der Waals surface area (Å²) in [4.78, 5) is 24.7. The van der Waals surface area contributed by atoms with Crippen LogP contribution in [0.3, 0.4) is 0 Å². The van der Waals surface area contributed by atoms with Crippen LogP contribution in [0.1, 0.15) is 37.8 Å². The summed E-state index contributed by atoms with van der Waals surface area (Å²) in [6.07, 6.45) is 2.33. The number of nitrogens with one attached hydrogen (secondary N) is 1. The molecule has 1 N–H and O–H groups in total. The van der Waals surface area contributed by atoms with Gasteiger partial charge < -0.3 is 19.5 Å². The van der Waals surface area contributed by atoms with Gasteiger partial charge in [-0.1, -0.05) is 31.0 Å². The first kappa shape index (κ1) is 25.8. The molecule has 1 amide bonds. The Morgan fingerprint density at radius 1 is 1.18 bits per heavy atom. The number of hydrogen-bond donors (Lipinski definition) is 1. The van der Waals surface area contributed by atoms with Gasteiger partial charge in [0.1, 0.15) is 17.4 Å². The minimum atomic E-state index is -0.883. The molecule has 0 bridgehead atoms. The van der Waals surface area contributed by atoms with Crippen molar-refractivity contribution in [3.63, 3.8) is 0 Å². The van der Waals surface area contributed by atoms with E-state index in [-0.39, 0.29) is 17.1 Å². The Hall–Kier alpha value is -3.50.